The SMILES string of the molecule is CCS(=O)(=O)c1ccc(NCC#Cc2cc3c(NC4CCN(C)CC4F)cccc3n2CC(F)(F)F)c(OC)c1. The molecule has 0 aliphatic carbocycles. The largest absolute Gasteiger partial charge is 0.495 e. The molecule has 1 aliphatic rings. The second-order valence-electron chi connectivity index (χ2n) is 9.71. The lowest BCUT2D eigenvalue weighted by molar-refractivity contribution is -0.140. The summed E-state index contributed by atoms with van der Waals surface area (Å²) in [6, 6.07) is 10.5. The molecule has 1 saturated heterocycles. The lowest BCUT2D eigenvalue weighted by atomic mass is 10.0. The van der Waals surface area contributed by atoms with Gasteiger partial charge in [-0.2, -0.15) is 13.2 Å². The van der Waals surface area contributed by atoms with Gasteiger partial charge in [-0.15, -0.1) is 0 Å². The Morgan fingerprint density at radius 1 is 1.15 bits per heavy atom. The molecule has 2 aromatic carbocycles. The maximum absolute atomic E-state index is 14.7. The lowest BCUT2D eigenvalue weighted by Crippen LogP contribution is -2.46. The average Bonchev–Trinajstić information content (AvgIpc) is 3.24. The number of likely N-dealkylation sites (tertiary alicyclic amines) is 1. The van der Waals surface area contributed by atoms with Crippen molar-refractivity contribution in [2.75, 3.05) is 50.2 Å². The van der Waals surface area contributed by atoms with Crippen molar-refractivity contribution >= 4 is 32.1 Å². The highest BCUT2D eigenvalue weighted by Crippen LogP contribution is 2.32. The van der Waals surface area contributed by atoms with Crippen molar-refractivity contribution in [3.05, 3.63) is 48.2 Å². The number of nitrogens with one attached hydrogen (secondary N) is 2. The first-order chi connectivity index (χ1) is 18.9. The Bertz CT molecular complexity index is 1530. The Morgan fingerprint density at radius 2 is 1.93 bits per heavy atom. The number of fused-ring (bicyclic) bond motifs is 1. The highest BCUT2D eigenvalue weighted by molar-refractivity contribution is 7.91. The first-order valence-corrected chi connectivity index (χ1v) is 14.5. The van der Waals surface area contributed by atoms with E-state index in [4.69, 9.17) is 4.74 Å². The van der Waals surface area contributed by atoms with E-state index in [1.54, 1.807) is 37.3 Å². The Morgan fingerprint density at radius 3 is 2.60 bits per heavy atom. The Labute approximate surface area is 231 Å². The van der Waals surface area contributed by atoms with Crippen LogP contribution in [0.25, 0.3) is 10.9 Å². The molecule has 4 rings (SSSR count). The fraction of sp³-hybridized carbons (Fsp3) is 0.429. The van der Waals surface area contributed by atoms with Crippen LogP contribution in [-0.2, 0) is 16.4 Å². The number of hydrogen-bond acceptors (Lipinski definition) is 6. The molecular formula is C28H32F4N4O3S. The van der Waals surface area contributed by atoms with Gasteiger partial charge in [0, 0.05) is 30.2 Å². The van der Waals surface area contributed by atoms with Crippen molar-refractivity contribution in [3.8, 4) is 17.6 Å². The summed E-state index contributed by atoms with van der Waals surface area (Å²) < 4.78 is 85.9. The lowest BCUT2D eigenvalue weighted by Gasteiger charge is -2.33. The molecule has 1 aromatic heterocycles. The molecule has 0 spiro atoms. The number of benzene rings is 2. The molecule has 7 nitrogen and oxygen atoms in total. The number of piperidine rings is 1. The van der Waals surface area contributed by atoms with Crippen molar-refractivity contribution in [1.29, 1.82) is 0 Å². The number of halogens is 4. The fourth-order valence-corrected chi connectivity index (χ4v) is 5.63. The van der Waals surface area contributed by atoms with Gasteiger partial charge in [-0.3, -0.25) is 0 Å². The molecule has 0 bridgehead atoms. The van der Waals surface area contributed by atoms with Gasteiger partial charge in [-0.1, -0.05) is 18.9 Å². The van der Waals surface area contributed by atoms with E-state index >= 15 is 0 Å². The second-order valence-corrected chi connectivity index (χ2v) is 12.0. The first-order valence-electron chi connectivity index (χ1n) is 12.8. The van der Waals surface area contributed by atoms with Crippen LogP contribution < -0.4 is 15.4 Å². The minimum atomic E-state index is -4.48. The number of methoxy groups -OCH3 is 1. The van der Waals surface area contributed by atoms with Gasteiger partial charge in [0.1, 0.15) is 18.5 Å². The minimum Gasteiger partial charge on any atom is -0.495 e. The molecule has 12 heteroatoms. The van der Waals surface area contributed by atoms with Crippen LogP contribution in [0.3, 0.4) is 0 Å². The first kappa shape index (κ1) is 29.6. The van der Waals surface area contributed by atoms with E-state index in [2.05, 4.69) is 22.5 Å². The van der Waals surface area contributed by atoms with E-state index in [1.165, 1.54) is 19.2 Å². The fourth-order valence-electron chi connectivity index (χ4n) is 4.73. The van der Waals surface area contributed by atoms with Crippen molar-refractivity contribution in [2.24, 2.45) is 0 Å². The maximum atomic E-state index is 14.7. The molecule has 40 heavy (non-hydrogen) atoms. The van der Waals surface area contributed by atoms with Gasteiger partial charge in [0.2, 0.25) is 0 Å². The summed E-state index contributed by atoms with van der Waals surface area (Å²) in [5, 5.41) is 6.76. The Balaban J connectivity index is 1.60. The normalized spacial score (nSPS) is 18.3. The molecule has 2 N–H and O–H groups in total. The highest BCUT2D eigenvalue weighted by Gasteiger charge is 2.31. The van der Waals surface area contributed by atoms with Crippen LogP contribution in [0.5, 0.6) is 5.75 Å². The summed E-state index contributed by atoms with van der Waals surface area (Å²) in [5.74, 6) is 5.93. The van der Waals surface area contributed by atoms with Crippen LogP contribution in [0.4, 0.5) is 28.9 Å². The van der Waals surface area contributed by atoms with Crippen LogP contribution in [0.1, 0.15) is 19.0 Å². The third-order valence-corrected chi connectivity index (χ3v) is 8.60. The molecule has 2 atom stereocenters. The second kappa shape index (κ2) is 12.0. The highest BCUT2D eigenvalue weighted by atomic mass is 32.2. The van der Waals surface area contributed by atoms with Gasteiger partial charge < -0.3 is 24.8 Å². The third-order valence-electron chi connectivity index (χ3n) is 6.86. The molecule has 0 saturated carbocycles. The average molecular weight is 581 g/mol. The third kappa shape index (κ3) is 6.82. The quantitative estimate of drug-likeness (QED) is 0.291. The number of hydrogen-bond donors (Lipinski definition) is 2. The Kier molecular flexibility index (Phi) is 8.85. The molecule has 2 heterocycles. The molecule has 3 aromatic rings. The van der Waals surface area contributed by atoms with Crippen LogP contribution >= 0.6 is 0 Å². The zero-order valence-corrected chi connectivity index (χ0v) is 23.3. The standard InChI is InChI=1S/C28H32F4N4O3S/c1-4-40(37,38)20-10-11-25(27(16-20)39-3)33-13-6-7-19-15-21-23(34-24-12-14-35(2)17-22(24)29)8-5-9-26(21)36(19)18-28(30,31)32/h5,8-11,15-16,22,24,33-34H,4,12-14,17-18H2,1-3H3. The monoisotopic (exact) mass is 580 g/mol. The number of ether oxygens (including phenoxy) is 1. The van der Waals surface area contributed by atoms with E-state index in [9.17, 15) is 26.0 Å². The molecule has 1 aliphatic heterocycles. The summed E-state index contributed by atoms with van der Waals surface area (Å²) in [6.45, 7) is 1.39. The molecule has 0 amide bonds. The van der Waals surface area contributed by atoms with Crippen LogP contribution in [0.15, 0.2) is 47.4 Å². The van der Waals surface area contributed by atoms with Gasteiger partial charge in [0.15, 0.2) is 9.84 Å². The van der Waals surface area contributed by atoms with E-state index in [1.807, 2.05) is 11.9 Å². The number of sulfone groups is 1. The van der Waals surface area contributed by atoms with Gasteiger partial charge in [-0.25, -0.2) is 12.8 Å². The number of nitrogens with zero attached hydrogens (tertiary/aromatic N) is 2. The van der Waals surface area contributed by atoms with Crippen LogP contribution in [0, 0.1) is 11.8 Å². The maximum Gasteiger partial charge on any atom is 0.406 e. The van der Waals surface area contributed by atoms with Gasteiger partial charge in [0.05, 0.1) is 47.2 Å². The summed E-state index contributed by atoms with van der Waals surface area (Å²) in [4.78, 5) is 2.03. The molecular weight excluding hydrogens is 548 g/mol. The number of anilines is 2. The van der Waals surface area contributed by atoms with Crippen molar-refractivity contribution < 1.29 is 30.7 Å². The number of alkyl halides is 4. The number of rotatable bonds is 8. The van der Waals surface area contributed by atoms with Gasteiger partial charge in [0.25, 0.3) is 0 Å². The Hall–Kier alpha value is -3.43. The van der Waals surface area contributed by atoms with Gasteiger partial charge in [-0.05, 0) is 49.7 Å². The molecule has 1 fully saturated rings. The minimum absolute atomic E-state index is 0.0517. The molecule has 0 radical (unpaired) electrons. The number of aromatic nitrogens is 1. The van der Waals surface area contributed by atoms with Crippen LogP contribution in [0.2, 0.25) is 0 Å². The molecule has 2 unspecified atom stereocenters. The molecule has 216 valence electrons. The topological polar surface area (TPSA) is 75.6 Å². The van der Waals surface area contributed by atoms with Crippen LogP contribution in [-0.4, -0.2) is 75.8 Å². The van der Waals surface area contributed by atoms with E-state index < -0.39 is 34.8 Å². The summed E-state index contributed by atoms with van der Waals surface area (Å²) in [6.07, 6.45) is -5.01. The summed E-state index contributed by atoms with van der Waals surface area (Å²) in [7, 11) is -0.160. The zero-order chi connectivity index (χ0) is 29.1. The van der Waals surface area contributed by atoms with Crippen molar-refractivity contribution in [2.45, 2.75) is 43.2 Å². The predicted molar refractivity (Wildman–Crippen MR) is 149 cm³/mol. The predicted octanol–water partition coefficient (Wildman–Crippen LogP) is 4.92. The summed E-state index contributed by atoms with van der Waals surface area (Å²) >= 11 is 0. The van der Waals surface area contributed by atoms with Crippen molar-refractivity contribution in [3.63, 3.8) is 0 Å². The summed E-state index contributed by atoms with van der Waals surface area (Å²) in [5.41, 5.74) is 1.56. The van der Waals surface area contributed by atoms with E-state index in [0.717, 1.165) is 11.1 Å². The van der Waals surface area contributed by atoms with Gasteiger partial charge >= 0.3 is 6.18 Å². The zero-order valence-electron chi connectivity index (χ0n) is 22.5. The smallest absolute Gasteiger partial charge is 0.406 e. The van der Waals surface area contributed by atoms with E-state index in [-0.39, 0.29) is 29.4 Å². The van der Waals surface area contributed by atoms with E-state index in [0.29, 0.717) is 34.4 Å². The van der Waals surface area contributed by atoms with Crippen molar-refractivity contribution in [1.82, 2.24) is 9.47 Å².